The van der Waals surface area contributed by atoms with Gasteiger partial charge in [0.15, 0.2) is 0 Å². The van der Waals surface area contributed by atoms with E-state index in [9.17, 15) is 4.79 Å². The normalized spacial score (nSPS) is 11.6. The van der Waals surface area contributed by atoms with Crippen molar-refractivity contribution in [3.05, 3.63) is 24.0 Å². The Kier molecular flexibility index (Phi) is 5.86. The smallest absolute Gasteiger partial charge is 0.148 e. The Labute approximate surface area is 115 Å². The number of hydrogen-bond acceptors (Lipinski definition) is 3. The minimum atomic E-state index is -0.250. The van der Waals surface area contributed by atoms with Crippen LogP contribution in [0.25, 0.3) is 0 Å². The molecule has 0 atom stereocenters. The summed E-state index contributed by atoms with van der Waals surface area (Å²) < 4.78 is 0. The van der Waals surface area contributed by atoms with Crippen LogP contribution >= 0.6 is 11.8 Å². The van der Waals surface area contributed by atoms with E-state index in [4.69, 9.17) is 0 Å². The average Bonchev–Trinajstić information content (AvgIpc) is 2.32. The third-order valence-corrected chi connectivity index (χ3v) is 3.76. The zero-order valence-corrected chi connectivity index (χ0v) is 12.6. The van der Waals surface area contributed by atoms with Crippen molar-refractivity contribution in [2.75, 3.05) is 5.75 Å². The number of ketones is 1. The van der Waals surface area contributed by atoms with Crippen LogP contribution in [0.4, 0.5) is 0 Å². The topological polar surface area (TPSA) is 30.0 Å². The van der Waals surface area contributed by atoms with E-state index in [0.29, 0.717) is 5.75 Å². The van der Waals surface area contributed by atoms with Crippen molar-refractivity contribution < 1.29 is 4.79 Å². The molecule has 100 valence electrons. The number of thioether (sulfide) groups is 1. The van der Waals surface area contributed by atoms with Crippen LogP contribution in [0.5, 0.6) is 0 Å². The van der Waals surface area contributed by atoms with Crippen molar-refractivity contribution >= 4 is 17.5 Å². The SMILES string of the molecule is CCCCc1cncc(SCC(=O)C(C)(C)C)c1. The van der Waals surface area contributed by atoms with Crippen LogP contribution in [0.1, 0.15) is 46.1 Å². The number of rotatable bonds is 6. The fraction of sp³-hybridized carbons (Fsp3) is 0.600. The number of hydrogen-bond donors (Lipinski definition) is 0. The fourth-order valence-electron chi connectivity index (χ4n) is 1.43. The molecule has 0 bridgehead atoms. The summed E-state index contributed by atoms with van der Waals surface area (Å²) in [5.41, 5.74) is 1.02. The molecule has 1 rings (SSSR count). The molecular weight excluding hydrogens is 242 g/mol. The molecule has 3 heteroatoms. The first kappa shape index (κ1) is 15.2. The van der Waals surface area contributed by atoms with E-state index in [1.165, 1.54) is 18.4 Å². The molecule has 1 aromatic rings. The summed E-state index contributed by atoms with van der Waals surface area (Å²) in [6, 6.07) is 2.16. The maximum atomic E-state index is 11.9. The average molecular weight is 265 g/mol. The molecule has 0 aromatic carbocycles. The summed E-state index contributed by atoms with van der Waals surface area (Å²) in [5.74, 6) is 0.814. The van der Waals surface area contributed by atoms with E-state index in [-0.39, 0.29) is 11.2 Å². The molecule has 2 nitrogen and oxygen atoms in total. The van der Waals surface area contributed by atoms with Gasteiger partial charge < -0.3 is 0 Å². The fourth-order valence-corrected chi connectivity index (χ4v) is 2.53. The molecule has 0 spiro atoms. The molecule has 0 aliphatic heterocycles. The second kappa shape index (κ2) is 6.93. The molecule has 18 heavy (non-hydrogen) atoms. The Morgan fingerprint density at radius 3 is 2.67 bits per heavy atom. The van der Waals surface area contributed by atoms with E-state index in [1.54, 1.807) is 11.8 Å². The lowest BCUT2D eigenvalue weighted by Gasteiger charge is -2.15. The number of nitrogens with zero attached hydrogens (tertiary/aromatic N) is 1. The summed E-state index contributed by atoms with van der Waals surface area (Å²) in [7, 11) is 0. The van der Waals surface area contributed by atoms with E-state index >= 15 is 0 Å². The van der Waals surface area contributed by atoms with Crippen LogP contribution in [0.3, 0.4) is 0 Å². The number of aryl methyl sites for hydroxylation is 1. The first-order valence-corrected chi connectivity index (χ1v) is 7.52. The minimum absolute atomic E-state index is 0.250. The largest absolute Gasteiger partial charge is 0.298 e. The van der Waals surface area contributed by atoms with Gasteiger partial charge in [-0.3, -0.25) is 9.78 Å². The van der Waals surface area contributed by atoms with Crippen LogP contribution < -0.4 is 0 Å². The van der Waals surface area contributed by atoms with Crippen molar-refractivity contribution in [3.8, 4) is 0 Å². The van der Waals surface area contributed by atoms with Crippen molar-refractivity contribution in [2.24, 2.45) is 5.41 Å². The second-order valence-electron chi connectivity index (χ2n) is 5.59. The van der Waals surface area contributed by atoms with Crippen LogP contribution in [-0.2, 0) is 11.2 Å². The van der Waals surface area contributed by atoms with Gasteiger partial charge in [0.1, 0.15) is 5.78 Å². The predicted molar refractivity (Wildman–Crippen MR) is 78.0 cm³/mol. The number of pyridine rings is 1. The highest BCUT2D eigenvalue weighted by Gasteiger charge is 2.20. The standard InChI is InChI=1S/C15H23NOS/c1-5-6-7-12-8-13(10-16-9-12)18-11-14(17)15(2,3)4/h8-10H,5-7,11H2,1-4H3. The Bertz CT molecular complexity index is 396. The quantitative estimate of drug-likeness (QED) is 0.724. The molecule has 0 N–H and O–H groups in total. The summed E-state index contributed by atoms with van der Waals surface area (Å²) in [5, 5.41) is 0. The Morgan fingerprint density at radius 1 is 1.33 bits per heavy atom. The van der Waals surface area contributed by atoms with E-state index in [0.717, 1.165) is 11.3 Å². The van der Waals surface area contributed by atoms with Gasteiger partial charge in [-0.15, -0.1) is 11.8 Å². The molecular formula is C15H23NOS. The Morgan fingerprint density at radius 2 is 2.06 bits per heavy atom. The van der Waals surface area contributed by atoms with Gasteiger partial charge >= 0.3 is 0 Å². The van der Waals surface area contributed by atoms with Gasteiger partial charge in [-0.25, -0.2) is 0 Å². The molecule has 0 aliphatic carbocycles. The highest BCUT2D eigenvalue weighted by molar-refractivity contribution is 8.00. The monoisotopic (exact) mass is 265 g/mol. The molecule has 0 radical (unpaired) electrons. The maximum Gasteiger partial charge on any atom is 0.148 e. The molecule has 0 saturated heterocycles. The lowest BCUT2D eigenvalue weighted by Crippen LogP contribution is -2.21. The van der Waals surface area contributed by atoms with Crippen LogP contribution in [0.15, 0.2) is 23.4 Å². The third kappa shape index (κ3) is 5.21. The van der Waals surface area contributed by atoms with Crippen molar-refractivity contribution in [3.63, 3.8) is 0 Å². The number of Topliss-reactive ketones (excluding diaryl/α,β-unsaturated/α-hetero) is 1. The Balaban J connectivity index is 2.55. The van der Waals surface area contributed by atoms with Gasteiger partial charge in [0, 0.05) is 22.7 Å². The molecule has 1 aromatic heterocycles. The Hall–Kier alpha value is -0.830. The first-order chi connectivity index (χ1) is 8.43. The lowest BCUT2D eigenvalue weighted by molar-refractivity contribution is -0.123. The van der Waals surface area contributed by atoms with E-state index in [1.807, 2.05) is 33.2 Å². The summed E-state index contributed by atoms with van der Waals surface area (Å²) in [6.45, 7) is 8.08. The zero-order chi connectivity index (χ0) is 13.6. The van der Waals surface area contributed by atoms with Crippen molar-refractivity contribution in [1.82, 2.24) is 4.98 Å². The van der Waals surface area contributed by atoms with Crippen LogP contribution in [-0.4, -0.2) is 16.5 Å². The van der Waals surface area contributed by atoms with Gasteiger partial charge in [0.2, 0.25) is 0 Å². The molecule has 0 amide bonds. The van der Waals surface area contributed by atoms with E-state index < -0.39 is 0 Å². The van der Waals surface area contributed by atoms with Crippen molar-refractivity contribution in [2.45, 2.75) is 51.9 Å². The number of carbonyl (C=O) groups excluding carboxylic acids is 1. The summed E-state index contributed by atoms with van der Waals surface area (Å²) in [4.78, 5) is 17.2. The van der Waals surface area contributed by atoms with Gasteiger partial charge in [-0.2, -0.15) is 0 Å². The van der Waals surface area contributed by atoms with E-state index in [2.05, 4.69) is 18.0 Å². The van der Waals surface area contributed by atoms with Gasteiger partial charge in [-0.1, -0.05) is 34.1 Å². The second-order valence-corrected chi connectivity index (χ2v) is 6.64. The number of unbranched alkanes of at least 4 members (excludes halogenated alkanes) is 1. The van der Waals surface area contributed by atoms with Crippen LogP contribution in [0.2, 0.25) is 0 Å². The predicted octanol–water partition coefficient (Wildman–Crippen LogP) is 4.13. The molecule has 0 unspecified atom stereocenters. The lowest BCUT2D eigenvalue weighted by atomic mass is 9.92. The highest BCUT2D eigenvalue weighted by Crippen LogP contribution is 2.23. The van der Waals surface area contributed by atoms with Gasteiger partial charge in [0.25, 0.3) is 0 Å². The maximum absolute atomic E-state index is 11.9. The zero-order valence-electron chi connectivity index (χ0n) is 11.8. The molecule has 0 fully saturated rings. The van der Waals surface area contributed by atoms with Crippen LogP contribution in [0, 0.1) is 5.41 Å². The van der Waals surface area contributed by atoms with Gasteiger partial charge in [0.05, 0.1) is 5.75 Å². The number of carbonyl (C=O) groups is 1. The van der Waals surface area contributed by atoms with Crippen molar-refractivity contribution in [1.29, 1.82) is 0 Å². The molecule has 0 aliphatic rings. The summed E-state index contributed by atoms with van der Waals surface area (Å²) >= 11 is 1.59. The molecule has 1 heterocycles. The summed E-state index contributed by atoms with van der Waals surface area (Å²) in [6.07, 6.45) is 7.23. The highest BCUT2D eigenvalue weighted by atomic mass is 32.2. The van der Waals surface area contributed by atoms with Gasteiger partial charge in [-0.05, 0) is 24.5 Å². The molecule has 0 saturated carbocycles. The minimum Gasteiger partial charge on any atom is -0.298 e. The first-order valence-electron chi connectivity index (χ1n) is 6.53. The third-order valence-electron chi connectivity index (χ3n) is 2.80. The number of aromatic nitrogens is 1.